The fourth-order valence-electron chi connectivity index (χ4n) is 4.00. The Morgan fingerprint density at radius 3 is 2.92 bits per heavy atom. The largest absolute Gasteiger partial charge is 0.354 e. The highest BCUT2D eigenvalue weighted by atomic mass is 16.2. The molecule has 0 saturated heterocycles. The van der Waals surface area contributed by atoms with E-state index in [1.54, 1.807) is 0 Å². The minimum Gasteiger partial charge on any atom is -0.354 e. The van der Waals surface area contributed by atoms with Crippen LogP contribution in [0.25, 0.3) is 0 Å². The molecule has 2 aromatic rings. The summed E-state index contributed by atoms with van der Waals surface area (Å²) in [7, 11) is 0. The molecule has 2 aliphatic carbocycles. The highest BCUT2D eigenvalue weighted by Crippen LogP contribution is 2.59. The van der Waals surface area contributed by atoms with E-state index < -0.39 is 11.2 Å². The number of hydrogen-bond donors (Lipinski definition) is 2. The fourth-order valence-corrected chi connectivity index (χ4v) is 4.00. The van der Waals surface area contributed by atoms with Gasteiger partial charge < -0.3 is 5.32 Å². The molecule has 6 heteroatoms. The van der Waals surface area contributed by atoms with Crippen LogP contribution < -0.4 is 16.6 Å². The first kappa shape index (κ1) is 14.9. The first-order chi connectivity index (χ1) is 11.6. The van der Waals surface area contributed by atoms with Crippen molar-refractivity contribution >= 4 is 5.91 Å². The molecule has 1 fully saturated rings. The van der Waals surface area contributed by atoms with Crippen molar-refractivity contribution < 1.29 is 4.79 Å². The van der Waals surface area contributed by atoms with Crippen LogP contribution in [0.3, 0.4) is 0 Å². The van der Waals surface area contributed by atoms with Crippen molar-refractivity contribution in [2.24, 2.45) is 11.8 Å². The van der Waals surface area contributed by atoms with E-state index >= 15 is 0 Å². The van der Waals surface area contributed by atoms with E-state index in [0.29, 0.717) is 24.3 Å². The Morgan fingerprint density at radius 2 is 2.08 bits per heavy atom. The molecule has 3 atom stereocenters. The summed E-state index contributed by atoms with van der Waals surface area (Å²) in [5, 5.41) is 2.93. The van der Waals surface area contributed by atoms with Gasteiger partial charge in [-0.05, 0) is 41.7 Å². The summed E-state index contributed by atoms with van der Waals surface area (Å²) in [5.41, 5.74) is 1.85. The van der Waals surface area contributed by atoms with E-state index in [-0.39, 0.29) is 12.5 Å². The van der Waals surface area contributed by atoms with Crippen molar-refractivity contribution in [3.63, 3.8) is 0 Å². The Morgan fingerprint density at radius 1 is 1.25 bits per heavy atom. The Kier molecular flexibility index (Phi) is 3.59. The van der Waals surface area contributed by atoms with Gasteiger partial charge in [-0.2, -0.15) is 0 Å². The zero-order chi connectivity index (χ0) is 16.7. The standard InChI is InChI=1S/C18H19N3O3/c22-15-7-8-21(18(24)20-15)10-16(23)19-9-14-13-6-5-11-3-1-2-4-12(11)17(13)14/h1-4,7-8,13-14,17H,5-6,9-10H2,(H,19,23)(H,20,22,24). The van der Waals surface area contributed by atoms with Crippen LogP contribution in [-0.2, 0) is 17.8 Å². The molecule has 6 nitrogen and oxygen atoms in total. The monoisotopic (exact) mass is 325 g/mol. The number of nitrogens with zero attached hydrogens (tertiary/aromatic N) is 1. The molecule has 4 rings (SSSR count). The van der Waals surface area contributed by atoms with E-state index in [4.69, 9.17) is 0 Å². The van der Waals surface area contributed by atoms with Crippen molar-refractivity contribution in [3.8, 4) is 0 Å². The number of amides is 1. The zero-order valence-corrected chi connectivity index (χ0v) is 13.2. The van der Waals surface area contributed by atoms with E-state index in [2.05, 4.69) is 34.6 Å². The lowest BCUT2D eigenvalue weighted by molar-refractivity contribution is -0.121. The van der Waals surface area contributed by atoms with Gasteiger partial charge in [0.15, 0.2) is 0 Å². The van der Waals surface area contributed by atoms with Crippen LogP contribution in [-0.4, -0.2) is 22.0 Å². The first-order valence-corrected chi connectivity index (χ1v) is 8.28. The number of nitrogens with one attached hydrogen (secondary N) is 2. The second kappa shape index (κ2) is 5.78. The number of aryl methyl sites for hydroxylation is 1. The summed E-state index contributed by atoms with van der Waals surface area (Å²) in [5.74, 6) is 1.51. The number of carbonyl (C=O) groups is 1. The predicted molar refractivity (Wildman–Crippen MR) is 88.8 cm³/mol. The third-order valence-electron chi connectivity index (χ3n) is 5.24. The van der Waals surface area contributed by atoms with Gasteiger partial charge in [0, 0.05) is 18.8 Å². The number of hydrogen-bond acceptors (Lipinski definition) is 3. The summed E-state index contributed by atoms with van der Waals surface area (Å²) < 4.78 is 1.20. The van der Waals surface area contributed by atoms with Gasteiger partial charge in [-0.25, -0.2) is 4.79 Å². The predicted octanol–water partition coefficient (Wildman–Crippen LogP) is 0.629. The Hall–Kier alpha value is -2.63. The topological polar surface area (TPSA) is 84.0 Å². The number of carbonyl (C=O) groups excluding carboxylic acids is 1. The Bertz CT molecular complexity index is 899. The maximum Gasteiger partial charge on any atom is 0.328 e. The first-order valence-electron chi connectivity index (χ1n) is 8.28. The molecule has 1 aromatic carbocycles. The van der Waals surface area contributed by atoms with Crippen molar-refractivity contribution in [3.05, 3.63) is 68.5 Å². The summed E-state index contributed by atoms with van der Waals surface area (Å²) in [4.78, 5) is 36.8. The third kappa shape index (κ3) is 2.68. The van der Waals surface area contributed by atoms with Crippen molar-refractivity contribution in [1.29, 1.82) is 0 Å². The molecule has 1 heterocycles. The van der Waals surface area contributed by atoms with Crippen LogP contribution in [0, 0.1) is 11.8 Å². The average molecular weight is 325 g/mol. The van der Waals surface area contributed by atoms with E-state index in [0.717, 1.165) is 6.42 Å². The molecule has 2 N–H and O–H groups in total. The molecular formula is C18H19N3O3. The fraction of sp³-hybridized carbons (Fsp3) is 0.389. The third-order valence-corrected chi connectivity index (χ3v) is 5.24. The van der Waals surface area contributed by atoms with Gasteiger partial charge in [-0.3, -0.25) is 19.1 Å². The average Bonchev–Trinajstić information content (AvgIpc) is 3.29. The van der Waals surface area contributed by atoms with Crippen LogP contribution in [0.5, 0.6) is 0 Å². The van der Waals surface area contributed by atoms with Crippen LogP contribution in [0.15, 0.2) is 46.1 Å². The maximum atomic E-state index is 12.1. The summed E-state index contributed by atoms with van der Waals surface area (Å²) in [6.45, 7) is 0.564. The lowest BCUT2D eigenvalue weighted by Gasteiger charge is -2.13. The van der Waals surface area contributed by atoms with Crippen LogP contribution in [0.4, 0.5) is 0 Å². The number of benzene rings is 1. The SMILES string of the molecule is O=C(Cn1ccc(=O)[nH]c1=O)NCC1C2CCc3ccccc3C21. The summed E-state index contributed by atoms with van der Waals surface area (Å²) in [6, 6.07) is 9.80. The van der Waals surface area contributed by atoms with Crippen molar-refractivity contribution in [1.82, 2.24) is 14.9 Å². The summed E-state index contributed by atoms with van der Waals surface area (Å²) in [6.07, 6.45) is 3.64. The van der Waals surface area contributed by atoms with Crippen molar-refractivity contribution in [2.75, 3.05) is 6.54 Å². The Labute approximate surface area is 138 Å². The second-order valence-corrected chi connectivity index (χ2v) is 6.63. The molecular weight excluding hydrogens is 306 g/mol. The highest BCUT2D eigenvalue weighted by molar-refractivity contribution is 5.75. The van der Waals surface area contributed by atoms with Gasteiger partial charge in [0.1, 0.15) is 6.54 Å². The van der Waals surface area contributed by atoms with Gasteiger partial charge in [0.2, 0.25) is 5.91 Å². The molecule has 3 unspecified atom stereocenters. The van der Waals surface area contributed by atoms with Crippen molar-refractivity contribution in [2.45, 2.75) is 25.3 Å². The van der Waals surface area contributed by atoms with Crippen LogP contribution in [0.2, 0.25) is 0 Å². The highest BCUT2D eigenvalue weighted by Gasteiger charge is 2.52. The number of fused-ring (bicyclic) bond motifs is 3. The van der Waals surface area contributed by atoms with E-state index in [1.807, 2.05) is 0 Å². The minimum atomic E-state index is -0.563. The number of H-pyrrole nitrogens is 1. The second-order valence-electron chi connectivity index (χ2n) is 6.63. The van der Waals surface area contributed by atoms with Crippen LogP contribution >= 0.6 is 0 Å². The molecule has 0 bridgehead atoms. The van der Waals surface area contributed by atoms with Gasteiger partial charge in [-0.1, -0.05) is 24.3 Å². The van der Waals surface area contributed by atoms with Gasteiger partial charge in [0.05, 0.1) is 0 Å². The molecule has 124 valence electrons. The van der Waals surface area contributed by atoms with Gasteiger partial charge in [0.25, 0.3) is 5.56 Å². The maximum absolute atomic E-state index is 12.1. The zero-order valence-electron chi connectivity index (χ0n) is 13.2. The molecule has 24 heavy (non-hydrogen) atoms. The minimum absolute atomic E-state index is 0.0751. The van der Waals surface area contributed by atoms with Gasteiger partial charge >= 0.3 is 5.69 Å². The van der Waals surface area contributed by atoms with E-state index in [9.17, 15) is 14.4 Å². The van der Waals surface area contributed by atoms with Crippen LogP contribution in [0.1, 0.15) is 23.5 Å². The molecule has 0 spiro atoms. The molecule has 1 amide bonds. The number of rotatable bonds is 4. The Balaban J connectivity index is 1.36. The lowest BCUT2D eigenvalue weighted by atomic mass is 9.92. The summed E-state index contributed by atoms with van der Waals surface area (Å²) >= 11 is 0. The molecule has 1 saturated carbocycles. The molecule has 2 aliphatic rings. The number of aromatic amines is 1. The number of aromatic nitrogens is 2. The normalized spacial score (nSPS) is 23.9. The molecule has 0 radical (unpaired) electrons. The molecule has 1 aromatic heterocycles. The molecule has 0 aliphatic heterocycles. The van der Waals surface area contributed by atoms with Gasteiger partial charge in [-0.15, -0.1) is 0 Å². The quantitative estimate of drug-likeness (QED) is 0.865. The smallest absolute Gasteiger partial charge is 0.328 e. The van der Waals surface area contributed by atoms with E-state index in [1.165, 1.54) is 34.4 Å². The lowest BCUT2D eigenvalue weighted by Crippen LogP contribution is -2.36.